The fraction of sp³-hybridized carbons (Fsp3) is 0.632. The summed E-state index contributed by atoms with van der Waals surface area (Å²) in [6.07, 6.45) is 2.90. The molecule has 1 aliphatic heterocycles. The molecule has 0 saturated carbocycles. The summed E-state index contributed by atoms with van der Waals surface area (Å²) in [5.74, 6) is 0.310. The van der Waals surface area contributed by atoms with Gasteiger partial charge in [-0.2, -0.15) is 0 Å². The van der Waals surface area contributed by atoms with Crippen molar-refractivity contribution in [1.82, 2.24) is 4.90 Å². The highest BCUT2D eigenvalue weighted by Crippen LogP contribution is 2.28. The number of hydrogen-bond acceptors (Lipinski definition) is 3. The first-order chi connectivity index (χ1) is 10.8. The molecule has 1 fully saturated rings. The van der Waals surface area contributed by atoms with Crippen molar-refractivity contribution in [3.05, 3.63) is 35.4 Å². The Hall–Kier alpha value is -1.55. The molecule has 1 aliphatic rings. The van der Waals surface area contributed by atoms with E-state index >= 15 is 0 Å². The van der Waals surface area contributed by atoms with Gasteiger partial charge in [0, 0.05) is 25.0 Å². The first kappa shape index (κ1) is 17.8. The van der Waals surface area contributed by atoms with Crippen molar-refractivity contribution < 1.29 is 9.53 Å². The average molecular weight is 318 g/mol. The standard InChI is InChI=1S/C19H30N2O2/c1-5-6-14-7-9-15(10-8-14)16-11-12-21(13-17(16)20)18(22)23-19(2,3)4/h7-10,16-17H,5-6,11-13,20H2,1-4H3/t16-,17-/m0/s1. The molecule has 2 atom stereocenters. The van der Waals surface area contributed by atoms with Gasteiger partial charge in [-0.15, -0.1) is 0 Å². The molecule has 0 spiro atoms. The normalized spacial score (nSPS) is 22.0. The Morgan fingerprint density at radius 1 is 1.30 bits per heavy atom. The van der Waals surface area contributed by atoms with Crippen LogP contribution in [0.1, 0.15) is 57.6 Å². The maximum atomic E-state index is 12.2. The van der Waals surface area contributed by atoms with Gasteiger partial charge >= 0.3 is 6.09 Å². The van der Waals surface area contributed by atoms with Crippen LogP contribution >= 0.6 is 0 Å². The van der Waals surface area contributed by atoms with Crippen LogP contribution < -0.4 is 5.73 Å². The van der Waals surface area contributed by atoms with Crippen LogP contribution in [0, 0.1) is 0 Å². The van der Waals surface area contributed by atoms with Gasteiger partial charge in [0.2, 0.25) is 0 Å². The summed E-state index contributed by atoms with van der Waals surface area (Å²) in [4.78, 5) is 13.9. The van der Waals surface area contributed by atoms with Gasteiger partial charge in [0.1, 0.15) is 5.60 Å². The summed E-state index contributed by atoms with van der Waals surface area (Å²) < 4.78 is 5.44. The number of carbonyl (C=O) groups excluding carboxylic acids is 1. The fourth-order valence-corrected chi connectivity index (χ4v) is 3.11. The summed E-state index contributed by atoms with van der Waals surface area (Å²) >= 11 is 0. The minimum atomic E-state index is -0.465. The predicted molar refractivity (Wildman–Crippen MR) is 93.6 cm³/mol. The Labute approximate surface area is 140 Å². The maximum absolute atomic E-state index is 12.2. The largest absolute Gasteiger partial charge is 0.444 e. The van der Waals surface area contributed by atoms with Crippen LogP contribution in [0.5, 0.6) is 0 Å². The molecule has 2 N–H and O–H groups in total. The van der Waals surface area contributed by atoms with Gasteiger partial charge in [-0.25, -0.2) is 4.79 Å². The molecule has 0 radical (unpaired) electrons. The van der Waals surface area contributed by atoms with E-state index in [2.05, 4.69) is 31.2 Å². The van der Waals surface area contributed by atoms with E-state index in [0.29, 0.717) is 19.0 Å². The average Bonchev–Trinajstić information content (AvgIpc) is 2.47. The molecule has 1 saturated heterocycles. The molecule has 4 nitrogen and oxygen atoms in total. The number of hydrogen-bond donors (Lipinski definition) is 1. The second kappa shape index (κ2) is 7.35. The Balaban J connectivity index is 1.97. The summed E-state index contributed by atoms with van der Waals surface area (Å²) in [7, 11) is 0. The van der Waals surface area contributed by atoms with Crippen molar-refractivity contribution in [1.29, 1.82) is 0 Å². The number of piperidine rings is 1. The van der Waals surface area contributed by atoms with E-state index in [1.165, 1.54) is 11.1 Å². The molecule has 0 aliphatic carbocycles. The van der Waals surface area contributed by atoms with Crippen molar-refractivity contribution >= 4 is 6.09 Å². The zero-order valence-electron chi connectivity index (χ0n) is 14.8. The van der Waals surface area contributed by atoms with E-state index in [0.717, 1.165) is 19.3 Å². The number of amides is 1. The van der Waals surface area contributed by atoms with E-state index in [9.17, 15) is 4.79 Å². The van der Waals surface area contributed by atoms with Gasteiger partial charge in [-0.1, -0.05) is 37.6 Å². The van der Waals surface area contributed by atoms with Crippen LogP contribution in [0.25, 0.3) is 0 Å². The minimum Gasteiger partial charge on any atom is -0.444 e. The van der Waals surface area contributed by atoms with E-state index in [1.807, 2.05) is 20.8 Å². The van der Waals surface area contributed by atoms with Crippen molar-refractivity contribution in [2.24, 2.45) is 5.73 Å². The van der Waals surface area contributed by atoms with Crippen LogP contribution in [0.2, 0.25) is 0 Å². The number of ether oxygens (including phenoxy) is 1. The lowest BCUT2D eigenvalue weighted by Gasteiger charge is -2.37. The number of likely N-dealkylation sites (tertiary alicyclic amines) is 1. The molecule has 23 heavy (non-hydrogen) atoms. The topological polar surface area (TPSA) is 55.6 Å². The molecule has 4 heteroatoms. The lowest BCUT2D eigenvalue weighted by atomic mass is 9.85. The highest BCUT2D eigenvalue weighted by molar-refractivity contribution is 5.68. The predicted octanol–water partition coefficient (Wildman–Crippen LogP) is 3.69. The molecule has 1 aromatic carbocycles. The highest BCUT2D eigenvalue weighted by Gasteiger charge is 2.32. The second-order valence-electron chi connectivity index (χ2n) is 7.48. The van der Waals surface area contributed by atoms with Gasteiger partial charge in [0.05, 0.1) is 0 Å². The smallest absolute Gasteiger partial charge is 0.410 e. The summed E-state index contributed by atoms with van der Waals surface area (Å²) in [6, 6.07) is 8.74. The molecule has 2 rings (SSSR count). The number of nitrogens with two attached hydrogens (primary N) is 1. The lowest BCUT2D eigenvalue weighted by Crippen LogP contribution is -2.50. The van der Waals surface area contributed by atoms with Crippen LogP contribution in [0.3, 0.4) is 0 Å². The third kappa shape index (κ3) is 4.96. The third-order valence-electron chi connectivity index (χ3n) is 4.26. The van der Waals surface area contributed by atoms with Crippen LogP contribution in [-0.2, 0) is 11.2 Å². The van der Waals surface area contributed by atoms with E-state index in [-0.39, 0.29) is 12.1 Å². The Morgan fingerprint density at radius 3 is 2.48 bits per heavy atom. The molecule has 0 bridgehead atoms. The molecular weight excluding hydrogens is 288 g/mol. The van der Waals surface area contributed by atoms with E-state index in [1.54, 1.807) is 4.90 Å². The van der Waals surface area contributed by atoms with Gasteiger partial charge in [-0.05, 0) is 44.7 Å². The number of rotatable bonds is 3. The first-order valence-corrected chi connectivity index (χ1v) is 8.62. The third-order valence-corrected chi connectivity index (χ3v) is 4.26. The van der Waals surface area contributed by atoms with Crippen LogP contribution in [0.4, 0.5) is 4.79 Å². The van der Waals surface area contributed by atoms with Gasteiger partial charge in [0.25, 0.3) is 0 Å². The summed E-state index contributed by atoms with van der Waals surface area (Å²) in [6.45, 7) is 9.09. The summed E-state index contributed by atoms with van der Waals surface area (Å²) in [5.41, 5.74) is 8.54. The minimum absolute atomic E-state index is 0.0479. The molecule has 1 aromatic rings. The van der Waals surface area contributed by atoms with Crippen molar-refractivity contribution in [2.75, 3.05) is 13.1 Å². The monoisotopic (exact) mass is 318 g/mol. The molecule has 0 aromatic heterocycles. The van der Waals surface area contributed by atoms with Crippen LogP contribution in [0.15, 0.2) is 24.3 Å². The van der Waals surface area contributed by atoms with Gasteiger partial charge in [0.15, 0.2) is 0 Å². The van der Waals surface area contributed by atoms with Crippen molar-refractivity contribution in [3.8, 4) is 0 Å². The molecule has 128 valence electrons. The molecular formula is C19H30N2O2. The number of aryl methyl sites for hydroxylation is 1. The second-order valence-corrected chi connectivity index (χ2v) is 7.48. The zero-order chi connectivity index (χ0) is 17.0. The number of benzene rings is 1. The Kier molecular flexibility index (Phi) is 5.69. The van der Waals surface area contributed by atoms with Crippen LogP contribution in [-0.4, -0.2) is 35.7 Å². The number of carbonyl (C=O) groups is 1. The highest BCUT2D eigenvalue weighted by atomic mass is 16.6. The van der Waals surface area contributed by atoms with E-state index in [4.69, 9.17) is 10.5 Å². The van der Waals surface area contributed by atoms with Gasteiger partial charge < -0.3 is 15.4 Å². The first-order valence-electron chi connectivity index (χ1n) is 8.62. The molecule has 0 unspecified atom stereocenters. The van der Waals surface area contributed by atoms with E-state index < -0.39 is 5.60 Å². The number of nitrogens with zero attached hydrogens (tertiary/aromatic N) is 1. The zero-order valence-corrected chi connectivity index (χ0v) is 14.8. The summed E-state index contributed by atoms with van der Waals surface area (Å²) in [5, 5.41) is 0. The maximum Gasteiger partial charge on any atom is 0.410 e. The van der Waals surface area contributed by atoms with Crippen molar-refractivity contribution in [3.63, 3.8) is 0 Å². The van der Waals surface area contributed by atoms with Crippen molar-refractivity contribution in [2.45, 2.75) is 64.5 Å². The van der Waals surface area contributed by atoms with Gasteiger partial charge in [-0.3, -0.25) is 0 Å². The molecule has 1 heterocycles. The SMILES string of the molecule is CCCc1ccc([C@@H]2CCN(C(=O)OC(C)(C)C)C[C@@H]2N)cc1. The quantitative estimate of drug-likeness (QED) is 0.924. The molecule has 1 amide bonds. The fourth-order valence-electron chi connectivity index (χ4n) is 3.11. The Bertz CT molecular complexity index is 519. The Morgan fingerprint density at radius 2 is 1.96 bits per heavy atom. The lowest BCUT2D eigenvalue weighted by molar-refractivity contribution is 0.0186.